The Morgan fingerprint density at radius 1 is 1.25 bits per heavy atom. The molecular weight excluding hydrogens is 252 g/mol. The van der Waals surface area contributed by atoms with Gasteiger partial charge in [0.2, 0.25) is 0 Å². The topological polar surface area (TPSA) is 69.8 Å². The number of amides is 1. The first-order valence-corrected chi connectivity index (χ1v) is 6.74. The molecule has 0 saturated carbocycles. The molecule has 0 unspecified atom stereocenters. The Hall–Kier alpha value is -2.30. The highest BCUT2D eigenvalue weighted by Gasteiger charge is 2.04. The second kappa shape index (κ2) is 6.23. The van der Waals surface area contributed by atoms with Gasteiger partial charge in [-0.1, -0.05) is 0 Å². The Kier molecular flexibility index (Phi) is 4.40. The van der Waals surface area contributed by atoms with Crippen LogP contribution >= 0.6 is 0 Å². The van der Waals surface area contributed by atoms with Gasteiger partial charge in [-0.15, -0.1) is 0 Å². The van der Waals surface area contributed by atoms with Crippen molar-refractivity contribution in [1.82, 2.24) is 15.3 Å². The van der Waals surface area contributed by atoms with Crippen molar-refractivity contribution < 1.29 is 4.79 Å². The van der Waals surface area contributed by atoms with Crippen LogP contribution in [0.5, 0.6) is 0 Å². The van der Waals surface area contributed by atoms with E-state index >= 15 is 0 Å². The molecule has 0 atom stereocenters. The molecule has 0 fully saturated rings. The van der Waals surface area contributed by atoms with Crippen molar-refractivity contribution in [3.05, 3.63) is 47.0 Å². The van der Waals surface area contributed by atoms with Gasteiger partial charge in [-0.2, -0.15) is 0 Å². The molecule has 0 spiro atoms. The van der Waals surface area contributed by atoms with E-state index in [4.69, 9.17) is 0 Å². The molecule has 0 bridgehead atoms. The fourth-order valence-electron chi connectivity index (χ4n) is 1.89. The summed E-state index contributed by atoms with van der Waals surface area (Å²) >= 11 is 0. The number of carbonyl (C=O) groups is 1. The fraction of sp³-hybridized carbons (Fsp3) is 0.333. The van der Waals surface area contributed by atoms with E-state index in [0.29, 0.717) is 18.7 Å². The molecule has 0 aliphatic heterocycles. The maximum atomic E-state index is 11.6. The van der Waals surface area contributed by atoms with Gasteiger partial charge in [0, 0.05) is 23.5 Å². The largest absolute Gasteiger partial charge is 0.378 e. The molecule has 0 radical (unpaired) electrons. The Labute approximate surface area is 118 Å². The maximum absolute atomic E-state index is 11.6. The summed E-state index contributed by atoms with van der Waals surface area (Å²) in [6.07, 6.45) is 0. The number of benzene rings is 1. The molecule has 1 aromatic carbocycles. The van der Waals surface area contributed by atoms with Crippen molar-refractivity contribution >= 4 is 11.6 Å². The van der Waals surface area contributed by atoms with Gasteiger partial charge in [0.1, 0.15) is 5.82 Å². The highest BCUT2D eigenvalue weighted by molar-refractivity contribution is 5.94. The molecule has 2 rings (SSSR count). The van der Waals surface area contributed by atoms with Gasteiger partial charge in [-0.3, -0.25) is 4.79 Å². The van der Waals surface area contributed by atoms with E-state index in [-0.39, 0.29) is 5.91 Å². The third-order valence-electron chi connectivity index (χ3n) is 3.12. The van der Waals surface area contributed by atoms with Crippen LogP contribution in [0, 0.1) is 13.8 Å². The molecule has 1 aromatic heterocycles. The second-order valence-corrected chi connectivity index (χ2v) is 4.68. The van der Waals surface area contributed by atoms with E-state index in [2.05, 4.69) is 20.6 Å². The van der Waals surface area contributed by atoms with Crippen LogP contribution in [0.3, 0.4) is 0 Å². The first-order chi connectivity index (χ1) is 9.60. The minimum atomic E-state index is -0.0451. The SMILES string of the molecule is CCNC(=O)c1ccc(NCc2nc(C)c(C)[nH]2)cc1. The monoisotopic (exact) mass is 272 g/mol. The summed E-state index contributed by atoms with van der Waals surface area (Å²) in [5, 5.41) is 6.05. The maximum Gasteiger partial charge on any atom is 0.251 e. The molecule has 2 aromatic rings. The average molecular weight is 272 g/mol. The number of nitrogens with one attached hydrogen (secondary N) is 3. The lowest BCUT2D eigenvalue weighted by molar-refractivity contribution is 0.0956. The smallest absolute Gasteiger partial charge is 0.251 e. The molecule has 3 N–H and O–H groups in total. The van der Waals surface area contributed by atoms with Crippen LogP contribution in [-0.4, -0.2) is 22.4 Å². The Morgan fingerprint density at radius 2 is 1.95 bits per heavy atom. The van der Waals surface area contributed by atoms with Gasteiger partial charge >= 0.3 is 0 Å². The zero-order valence-corrected chi connectivity index (χ0v) is 12.1. The van der Waals surface area contributed by atoms with Crippen LogP contribution in [0.15, 0.2) is 24.3 Å². The third kappa shape index (κ3) is 3.38. The van der Waals surface area contributed by atoms with Gasteiger partial charge in [-0.05, 0) is 45.0 Å². The normalized spacial score (nSPS) is 10.3. The van der Waals surface area contributed by atoms with Crippen LogP contribution in [0.1, 0.15) is 34.5 Å². The predicted octanol–water partition coefficient (Wildman–Crippen LogP) is 2.39. The van der Waals surface area contributed by atoms with Crippen molar-refractivity contribution in [3.8, 4) is 0 Å². The zero-order valence-electron chi connectivity index (χ0n) is 12.1. The summed E-state index contributed by atoms with van der Waals surface area (Å²) in [7, 11) is 0. The molecule has 1 heterocycles. The van der Waals surface area contributed by atoms with Crippen LogP contribution in [0.25, 0.3) is 0 Å². The van der Waals surface area contributed by atoms with Crippen molar-refractivity contribution in [1.29, 1.82) is 0 Å². The van der Waals surface area contributed by atoms with E-state index in [1.165, 1.54) is 0 Å². The van der Waals surface area contributed by atoms with E-state index in [1.807, 2.05) is 45.0 Å². The molecule has 5 heteroatoms. The molecule has 0 saturated heterocycles. The lowest BCUT2D eigenvalue weighted by Gasteiger charge is -2.06. The molecular formula is C15H20N4O. The zero-order chi connectivity index (χ0) is 14.5. The number of imidazole rings is 1. The Bertz CT molecular complexity index is 567. The summed E-state index contributed by atoms with van der Waals surface area (Å²) in [5.74, 6) is 0.865. The summed E-state index contributed by atoms with van der Waals surface area (Å²) in [4.78, 5) is 19.3. The number of hydrogen-bond donors (Lipinski definition) is 3. The summed E-state index contributed by atoms with van der Waals surface area (Å²) < 4.78 is 0. The number of aromatic amines is 1. The molecule has 5 nitrogen and oxygen atoms in total. The fourth-order valence-corrected chi connectivity index (χ4v) is 1.89. The number of anilines is 1. The van der Waals surface area contributed by atoms with Gasteiger partial charge in [-0.25, -0.2) is 4.98 Å². The number of nitrogens with zero attached hydrogens (tertiary/aromatic N) is 1. The number of H-pyrrole nitrogens is 1. The lowest BCUT2D eigenvalue weighted by atomic mass is 10.2. The standard InChI is InChI=1S/C15H20N4O/c1-4-16-15(20)12-5-7-13(8-6-12)17-9-14-18-10(2)11(3)19-14/h5-8,17H,4,9H2,1-3H3,(H,16,20)(H,18,19). The highest BCUT2D eigenvalue weighted by atomic mass is 16.1. The molecule has 20 heavy (non-hydrogen) atoms. The average Bonchev–Trinajstić information content (AvgIpc) is 2.76. The van der Waals surface area contributed by atoms with Crippen LogP contribution in [-0.2, 0) is 6.54 Å². The first kappa shape index (κ1) is 14.1. The summed E-state index contributed by atoms with van der Waals surface area (Å²) in [6.45, 7) is 7.16. The van der Waals surface area contributed by atoms with Gasteiger partial charge in [0.05, 0.1) is 12.2 Å². The number of hydrogen-bond acceptors (Lipinski definition) is 3. The second-order valence-electron chi connectivity index (χ2n) is 4.68. The van der Waals surface area contributed by atoms with Crippen molar-refractivity contribution in [2.24, 2.45) is 0 Å². The van der Waals surface area contributed by atoms with E-state index in [0.717, 1.165) is 22.9 Å². The third-order valence-corrected chi connectivity index (χ3v) is 3.12. The first-order valence-electron chi connectivity index (χ1n) is 6.74. The summed E-state index contributed by atoms with van der Waals surface area (Å²) in [6, 6.07) is 7.42. The van der Waals surface area contributed by atoms with Gasteiger partial charge in [0.15, 0.2) is 0 Å². The molecule has 0 aliphatic rings. The number of rotatable bonds is 5. The van der Waals surface area contributed by atoms with E-state index in [9.17, 15) is 4.79 Å². The van der Waals surface area contributed by atoms with Crippen molar-refractivity contribution in [2.45, 2.75) is 27.3 Å². The Morgan fingerprint density at radius 3 is 2.50 bits per heavy atom. The lowest BCUT2D eigenvalue weighted by Crippen LogP contribution is -2.22. The minimum absolute atomic E-state index is 0.0451. The molecule has 1 amide bonds. The van der Waals surface area contributed by atoms with Crippen LogP contribution in [0.4, 0.5) is 5.69 Å². The van der Waals surface area contributed by atoms with Crippen LogP contribution < -0.4 is 10.6 Å². The summed E-state index contributed by atoms with van der Waals surface area (Å²) in [5.41, 5.74) is 3.74. The predicted molar refractivity (Wildman–Crippen MR) is 79.8 cm³/mol. The van der Waals surface area contributed by atoms with Crippen molar-refractivity contribution in [2.75, 3.05) is 11.9 Å². The van der Waals surface area contributed by atoms with E-state index < -0.39 is 0 Å². The molecule has 106 valence electrons. The van der Waals surface area contributed by atoms with Gasteiger partial charge < -0.3 is 15.6 Å². The van der Waals surface area contributed by atoms with Gasteiger partial charge in [0.25, 0.3) is 5.91 Å². The van der Waals surface area contributed by atoms with E-state index in [1.54, 1.807) is 0 Å². The number of carbonyl (C=O) groups excluding carboxylic acids is 1. The highest BCUT2D eigenvalue weighted by Crippen LogP contribution is 2.11. The van der Waals surface area contributed by atoms with Crippen molar-refractivity contribution in [3.63, 3.8) is 0 Å². The Balaban J connectivity index is 1.95. The number of aryl methyl sites for hydroxylation is 2. The molecule has 0 aliphatic carbocycles. The quantitative estimate of drug-likeness (QED) is 0.782. The minimum Gasteiger partial charge on any atom is -0.378 e. The number of aromatic nitrogens is 2. The van der Waals surface area contributed by atoms with Crippen LogP contribution in [0.2, 0.25) is 0 Å².